The zero-order valence-corrected chi connectivity index (χ0v) is 25.5. The third-order valence-electron chi connectivity index (χ3n) is 7.99. The number of piperidine rings is 1. The Morgan fingerprint density at radius 3 is 2.34 bits per heavy atom. The molecule has 3 aromatic rings. The van der Waals surface area contributed by atoms with Gasteiger partial charge in [-0.25, -0.2) is 14.4 Å². The number of carbonyl (C=O) groups excluding carboxylic acids is 3. The summed E-state index contributed by atoms with van der Waals surface area (Å²) in [6.45, 7) is 7.59. The molecule has 2 aliphatic rings. The van der Waals surface area contributed by atoms with Crippen LogP contribution < -0.4 is 10.1 Å². The highest BCUT2D eigenvalue weighted by molar-refractivity contribution is 5.94. The van der Waals surface area contributed by atoms with E-state index in [9.17, 15) is 14.4 Å². The van der Waals surface area contributed by atoms with Crippen molar-refractivity contribution in [3.63, 3.8) is 0 Å². The highest BCUT2D eigenvalue weighted by Crippen LogP contribution is 2.28. The number of fused-ring (bicyclic) bond motifs is 1. The lowest BCUT2D eigenvalue weighted by Gasteiger charge is -2.37. The van der Waals surface area contributed by atoms with E-state index in [1.165, 1.54) is 6.08 Å². The summed E-state index contributed by atoms with van der Waals surface area (Å²) in [5.74, 6) is -0.123. The van der Waals surface area contributed by atoms with E-state index in [0.29, 0.717) is 44.6 Å². The van der Waals surface area contributed by atoms with Crippen LogP contribution in [0.2, 0.25) is 0 Å². The van der Waals surface area contributed by atoms with Gasteiger partial charge in [-0.2, -0.15) is 0 Å². The lowest BCUT2D eigenvalue weighted by atomic mass is 10.0. The average molecular weight is 598 g/mol. The maximum Gasteiger partial charge on any atom is 0.415 e. The van der Waals surface area contributed by atoms with Crippen molar-refractivity contribution in [3.05, 3.63) is 100 Å². The Balaban J connectivity index is 1.23. The van der Waals surface area contributed by atoms with Crippen molar-refractivity contribution >= 4 is 29.9 Å². The molecule has 9 heteroatoms. The van der Waals surface area contributed by atoms with Gasteiger partial charge in [0.05, 0.1) is 6.61 Å². The first-order valence-corrected chi connectivity index (χ1v) is 15.1. The van der Waals surface area contributed by atoms with Gasteiger partial charge in [-0.15, -0.1) is 0 Å². The first-order chi connectivity index (χ1) is 21.3. The van der Waals surface area contributed by atoms with Crippen LogP contribution in [0.4, 0.5) is 15.3 Å². The number of likely N-dealkylation sites (tertiary alicyclic amines) is 1. The molecule has 0 radical (unpaired) electrons. The number of amides is 3. The van der Waals surface area contributed by atoms with Gasteiger partial charge in [0, 0.05) is 31.4 Å². The number of nitrogens with zero attached hydrogens (tertiary/aromatic N) is 2. The number of carbonyl (C=O) groups is 3. The number of hydrogen-bond donors (Lipinski definition) is 1. The molecule has 5 rings (SSSR count). The Kier molecular flexibility index (Phi) is 9.84. The van der Waals surface area contributed by atoms with Crippen LogP contribution in [0.25, 0.3) is 6.08 Å². The quantitative estimate of drug-likeness (QED) is 0.181. The summed E-state index contributed by atoms with van der Waals surface area (Å²) in [5, 5.41) is 3.02. The zero-order valence-electron chi connectivity index (χ0n) is 25.5. The van der Waals surface area contributed by atoms with Gasteiger partial charge in [-0.3, -0.25) is 0 Å². The van der Waals surface area contributed by atoms with E-state index in [-0.39, 0.29) is 24.4 Å². The Bertz CT molecular complexity index is 1510. The molecule has 0 saturated carbocycles. The summed E-state index contributed by atoms with van der Waals surface area (Å²) < 4.78 is 16.9. The molecule has 9 nitrogen and oxygen atoms in total. The number of aryl methyl sites for hydroxylation is 2. The highest BCUT2D eigenvalue weighted by Gasteiger charge is 2.32. The Labute approximate surface area is 258 Å². The molecule has 0 bridgehead atoms. The Morgan fingerprint density at radius 1 is 0.955 bits per heavy atom. The second-order valence-electron chi connectivity index (χ2n) is 11.1. The van der Waals surface area contributed by atoms with Gasteiger partial charge in [0.2, 0.25) is 5.76 Å². The van der Waals surface area contributed by atoms with Crippen molar-refractivity contribution in [2.24, 2.45) is 0 Å². The van der Waals surface area contributed by atoms with Crippen LogP contribution in [0.3, 0.4) is 0 Å². The number of nitrogens with one attached hydrogen (secondary N) is 1. The number of urea groups is 1. The van der Waals surface area contributed by atoms with E-state index in [1.807, 2.05) is 85.5 Å². The molecule has 1 saturated heterocycles. The highest BCUT2D eigenvalue weighted by atomic mass is 16.6. The standard InChI is InChI=1S/C35H39N3O6/c1-4-42-33(39)31(22-27-20-24(2)32(25(3)21-27)43-23-26-10-6-5-7-11-26)44-35(41)37-17-15-29(16-18-37)38-19-14-28-12-8-9-13-30(28)36-34(38)40/h5-13,20-22,29H,4,14-19,23H2,1-3H3,(H,36,40)/b31-22-. The van der Waals surface area contributed by atoms with Crippen LogP contribution in [-0.4, -0.2) is 60.2 Å². The number of esters is 1. The first kappa shape index (κ1) is 30.7. The van der Waals surface area contributed by atoms with Gasteiger partial charge in [0.1, 0.15) is 12.4 Å². The number of ether oxygens (including phenoxy) is 3. The minimum absolute atomic E-state index is 0.00186. The molecule has 2 heterocycles. The SMILES string of the molecule is CCOC(=O)/C(=C/c1cc(C)c(OCc2ccccc2)c(C)c1)OC(=O)N1CCC(N2CCc3ccccc3NC2=O)CC1. The molecule has 0 aromatic heterocycles. The fourth-order valence-corrected chi connectivity index (χ4v) is 5.76. The molecule has 0 atom stereocenters. The number of anilines is 1. The van der Waals surface area contributed by atoms with Crippen LogP contribution in [0.1, 0.15) is 47.6 Å². The van der Waals surface area contributed by atoms with Crippen molar-refractivity contribution in [1.29, 1.82) is 0 Å². The van der Waals surface area contributed by atoms with E-state index in [0.717, 1.165) is 40.1 Å². The van der Waals surface area contributed by atoms with Gasteiger partial charge in [0.15, 0.2) is 0 Å². The van der Waals surface area contributed by atoms with Crippen LogP contribution in [0.15, 0.2) is 72.5 Å². The maximum absolute atomic E-state index is 13.2. The summed E-state index contributed by atoms with van der Waals surface area (Å²) in [6.07, 6.45) is 2.90. The molecule has 0 unspecified atom stereocenters. The molecule has 0 aliphatic carbocycles. The average Bonchev–Trinajstić information content (AvgIpc) is 3.19. The minimum Gasteiger partial charge on any atom is -0.488 e. The fraction of sp³-hybridized carbons (Fsp3) is 0.343. The first-order valence-electron chi connectivity index (χ1n) is 15.1. The molecule has 1 N–H and O–H groups in total. The van der Waals surface area contributed by atoms with Crippen molar-refractivity contribution < 1.29 is 28.6 Å². The summed E-state index contributed by atoms with van der Waals surface area (Å²) in [6, 6.07) is 21.4. The van der Waals surface area contributed by atoms with Crippen LogP contribution in [0, 0.1) is 13.8 Å². The predicted octanol–water partition coefficient (Wildman–Crippen LogP) is 6.48. The van der Waals surface area contributed by atoms with Gasteiger partial charge < -0.3 is 29.3 Å². The van der Waals surface area contributed by atoms with E-state index in [4.69, 9.17) is 14.2 Å². The summed E-state index contributed by atoms with van der Waals surface area (Å²) in [7, 11) is 0. The topological polar surface area (TPSA) is 97.4 Å². The second-order valence-corrected chi connectivity index (χ2v) is 11.1. The predicted molar refractivity (Wildman–Crippen MR) is 168 cm³/mol. The third kappa shape index (κ3) is 7.40. The van der Waals surface area contributed by atoms with E-state index < -0.39 is 12.1 Å². The monoisotopic (exact) mass is 597 g/mol. The molecular formula is C35H39N3O6. The van der Waals surface area contributed by atoms with Crippen molar-refractivity contribution in [1.82, 2.24) is 9.80 Å². The molecule has 0 spiro atoms. The summed E-state index contributed by atoms with van der Waals surface area (Å²) in [4.78, 5) is 42.4. The van der Waals surface area contributed by atoms with Crippen LogP contribution in [0.5, 0.6) is 5.75 Å². The van der Waals surface area contributed by atoms with Crippen molar-refractivity contribution in [2.45, 2.75) is 52.7 Å². The summed E-state index contributed by atoms with van der Waals surface area (Å²) in [5.41, 5.74) is 5.50. The Hall–Kier alpha value is -4.79. The normalized spacial score (nSPS) is 15.6. The van der Waals surface area contributed by atoms with Gasteiger partial charge >= 0.3 is 18.1 Å². The third-order valence-corrected chi connectivity index (χ3v) is 7.99. The molecule has 3 aromatic carbocycles. The molecule has 44 heavy (non-hydrogen) atoms. The number of hydrogen-bond acceptors (Lipinski definition) is 6. The Morgan fingerprint density at radius 2 is 1.64 bits per heavy atom. The maximum atomic E-state index is 13.2. The van der Waals surface area contributed by atoms with Crippen molar-refractivity contribution in [2.75, 3.05) is 31.6 Å². The van der Waals surface area contributed by atoms with Gasteiger partial charge in [-0.1, -0.05) is 48.5 Å². The molecular weight excluding hydrogens is 558 g/mol. The van der Waals surface area contributed by atoms with E-state index in [1.54, 1.807) is 11.8 Å². The number of benzene rings is 3. The molecule has 1 fully saturated rings. The zero-order chi connectivity index (χ0) is 31.1. The summed E-state index contributed by atoms with van der Waals surface area (Å²) >= 11 is 0. The molecule has 230 valence electrons. The molecule has 2 aliphatic heterocycles. The largest absolute Gasteiger partial charge is 0.488 e. The number of rotatable bonds is 8. The minimum atomic E-state index is -0.712. The van der Waals surface area contributed by atoms with E-state index >= 15 is 0 Å². The smallest absolute Gasteiger partial charge is 0.415 e. The number of para-hydroxylation sites is 1. The lowest BCUT2D eigenvalue weighted by Crippen LogP contribution is -2.50. The van der Waals surface area contributed by atoms with Crippen molar-refractivity contribution in [3.8, 4) is 5.75 Å². The van der Waals surface area contributed by atoms with Crippen LogP contribution >= 0.6 is 0 Å². The van der Waals surface area contributed by atoms with Gasteiger partial charge in [0.25, 0.3) is 0 Å². The van der Waals surface area contributed by atoms with Gasteiger partial charge in [-0.05, 0) is 92.1 Å². The second kappa shape index (κ2) is 14.1. The van der Waals surface area contributed by atoms with Crippen LogP contribution in [-0.2, 0) is 27.3 Å². The lowest BCUT2D eigenvalue weighted by molar-refractivity contribution is -0.141. The molecule has 3 amide bonds. The van der Waals surface area contributed by atoms with E-state index in [2.05, 4.69) is 5.32 Å². The fourth-order valence-electron chi connectivity index (χ4n) is 5.76.